The quantitative estimate of drug-likeness (QED) is 0.808. The lowest BCUT2D eigenvalue weighted by atomic mass is 10.1. The highest BCUT2D eigenvalue weighted by molar-refractivity contribution is 7.90. The van der Waals surface area contributed by atoms with Gasteiger partial charge in [-0.05, 0) is 35.9 Å². The van der Waals surface area contributed by atoms with Gasteiger partial charge in [0.2, 0.25) is 5.91 Å². The second kappa shape index (κ2) is 7.04. The number of amides is 2. The van der Waals surface area contributed by atoms with Crippen LogP contribution in [0.3, 0.4) is 0 Å². The smallest absolute Gasteiger partial charge is 0.264 e. The standard InChI is InChI=1S/C17H16N2O6S/c1-24-12-4-2-11(3-5-12)8-16(20)19-26(22,23)13-6-7-15-14(9-13)18-17(21)10-25-15/h2-7,9H,8,10H2,1H3,(H,18,21)(H,19,20). The molecule has 2 N–H and O–H groups in total. The molecule has 1 aliphatic heterocycles. The molecule has 0 aliphatic carbocycles. The third kappa shape index (κ3) is 3.94. The van der Waals surface area contributed by atoms with Gasteiger partial charge in [-0.15, -0.1) is 0 Å². The first-order valence-corrected chi connectivity index (χ1v) is 9.11. The zero-order chi connectivity index (χ0) is 18.7. The molecule has 26 heavy (non-hydrogen) atoms. The summed E-state index contributed by atoms with van der Waals surface area (Å²) in [5, 5.41) is 2.52. The van der Waals surface area contributed by atoms with Crippen LogP contribution in [0.5, 0.6) is 11.5 Å². The van der Waals surface area contributed by atoms with Crippen molar-refractivity contribution >= 4 is 27.5 Å². The van der Waals surface area contributed by atoms with E-state index in [1.54, 1.807) is 24.3 Å². The Bertz CT molecular complexity index is 954. The van der Waals surface area contributed by atoms with Crippen molar-refractivity contribution in [3.8, 4) is 11.5 Å². The fourth-order valence-electron chi connectivity index (χ4n) is 2.40. The van der Waals surface area contributed by atoms with Crippen molar-refractivity contribution in [1.82, 2.24) is 4.72 Å². The molecule has 0 saturated heterocycles. The van der Waals surface area contributed by atoms with Crippen LogP contribution in [-0.4, -0.2) is 33.9 Å². The maximum Gasteiger partial charge on any atom is 0.264 e. The van der Waals surface area contributed by atoms with E-state index in [4.69, 9.17) is 9.47 Å². The molecule has 2 aromatic carbocycles. The predicted molar refractivity (Wildman–Crippen MR) is 92.6 cm³/mol. The Labute approximate surface area is 150 Å². The van der Waals surface area contributed by atoms with Gasteiger partial charge < -0.3 is 14.8 Å². The van der Waals surface area contributed by atoms with Gasteiger partial charge in [-0.25, -0.2) is 13.1 Å². The van der Waals surface area contributed by atoms with E-state index in [0.29, 0.717) is 17.1 Å². The molecule has 8 nitrogen and oxygen atoms in total. The third-order valence-electron chi connectivity index (χ3n) is 3.67. The van der Waals surface area contributed by atoms with Crippen molar-refractivity contribution in [3.63, 3.8) is 0 Å². The number of nitrogens with one attached hydrogen (secondary N) is 2. The largest absolute Gasteiger partial charge is 0.497 e. The van der Waals surface area contributed by atoms with Crippen LogP contribution in [-0.2, 0) is 26.0 Å². The van der Waals surface area contributed by atoms with Crippen molar-refractivity contribution in [3.05, 3.63) is 48.0 Å². The second-order valence-electron chi connectivity index (χ2n) is 5.55. The predicted octanol–water partition coefficient (Wildman–Crippen LogP) is 1.07. The van der Waals surface area contributed by atoms with Gasteiger partial charge in [-0.3, -0.25) is 9.59 Å². The summed E-state index contributed by atoms with van der Waals surface area (Å²) in [5.74, 6) is -0.0445. The molecule has 0 saturated carbocycles. The van der Waals surface area contributed by atoms with Gasteiger partial charge in [0.1, 0.15) is 11.5 Å². The number of fused-ring (bicyclic) bond motifs is 1. The topological polar surface area (TPSA) is 111 Å². The summed E-state index contributed by atoms with van der Waals surface area (Å²) >= 11 is 0. The molecule has 3 rings (SSSR count). The van der Waals surface area contributed by atoms with Gasteiger partial charge in [0, 0.05) is 0 Å². The number of hydrogen-bond donors (Lipinski definition) is 2. The van der Waals surface area contributed by atoms with Gasteiger partial charge in [0.05, 0.1) is 24.1 Å². The Morgan fingerprint density at radius 3 is 2.65 bits per heavy atom. The number of anilines is 1. The summed E-state index contributed by atoms with van der Waals surface area (Å²) in [6.45, 7) is -0.127. The van der Waals surface area contributed by atoms with E-state index in [1.165, 1.54) is 25.3 Å². The number of ether oxygens (including phenoxy) is 2. The number of benzene rings is 2. The molecule has 0 spiro atoms. The monoisotopic (exact) mass is 376 g/mol. The van der Waals surface area contributed by atoms with Gasteiger partial charge in [0.25, 0.3) is 15.9 Å². The molecule has 1 aliphatic rings. The highest BCUT2D eigenvalue weighted by Gasteiger charge is 2.22. The second-order valence-corrected chi connectivity index (χ2v) is 7.23. The molecule has 0 fully saturated rings. The van der Waals surface area contributed by atoms with Gasteiger partial charge in [-0.1, -0.05) is 12.1 Å². The molecule has 0 bridgehead atoms. The lowest BCUT2D eigenvalue weighted by molar-refractivity contribution is -0.119. The highest BCUT2D eigenvalue weighted by Crippen LogP contribution is 2.30. The van der Waals surface area contributed by atoms with E-state index >= 15 is 0 Å². The molecule has 136 valence electrons. The van der Waals surface area contributed by atoms with E-state index in [9.17, 15) is 18.0 Å². The lowest BCUT2D eigenvalue weighted by Crippen LogP contribution is -2.32. The summed E-state index contributed by atoms with van der Waals surface area (Å²) in [6, 6.07) is 10.7. The molecule has 9 heteroatoms. The lowest BCUT2D eigenvalue weighted by Gasteiger charge is -2.18. The fourth-order valence-corrected chi connectivity index (χ4v) is 3.41. The summed E-state index contributed by atoms with van der Waals surface area (Å²) < 4.78 is 37.0. The average molecular weight is 376 g/mol. The number of rotatable bonds is 5. The van der Waals surface area contributed by atoms with Crippen LogP contribution in [0.4, 0.5) is 5.69 Å². The van der Waals surface area contributed by atoms with E-state index in [0.717, 1.165) is 0 Å². The molecule has 0 radical (unpaired) electrons. The molecular formula is C17H16N2O6S. The molecule has 1 heterocycles. The van der Waals surface area contributed by atoms with Gasteiger partial charge in [0.15, 0.2) is 6.61 Å². The molecule has 0 unspecified atom stereocenters. The zero-order valence-corrected chi connectivity index (χ0v) is 14.6. The van der Waals surface area contributed by atoms with E-state index in [-0.39, 0.29) is 29.5 Å². The van der Waals surface area contributed by atoms with Crippen molar-refractivity contribution in [1.29, 1.82) is 0 Å². The van der Waals surface area contributed by atoms with Crippen LogP contribution in [0.1, 0.15) is 5.56 Å². The summed E-state index contributed by atoms with van der Waals surface area (Å²) in [7, 11) is -2.55. The van der Waals surface area contributed by atoms with Crippen LogP contribution in [0.25, 0.3) is 0 Å². The Morgan fingerprint density at radius 2 is 1.96 bits per heavy atom. The van der Waals surface area contributed by atoms with Crippen molar-refractivity contribution < 1.29 is 27.5 Å². The Morgan fingerprint density at radius 1 is 1.23 bits per heavy atom. The maximum absolute atomic E-state index is 12.4. The Hall–Kier alpha value is -3.07. The van der Waals surface area contributed by atoms with Crippen LogP contribution >= 0.6 is 0 Å². The summed E-state index contributed by atoms with van der Waals surface area (Å²) in [6.07, 6.45) is -0.103. The minimum absolute atomic E-state index is 0.103. The van der Waals surface area contributed by atoms with E-state index < -0.39 is 15.9 Å². The zero-order valence-electron chi connectivity index (χ0n) is 13.8. The van der Waals surface area contributed by atoms with Gasteiger partial charge in [-0.2, -0.15) is 0 Å². The fraction of sp³-hybridized carbons (Fsp3) is 0.176. The van der Waals surface area contributed by atoms with Crippen LogP contribution < -0.4 is 19.5 Å². The molecule has 2 aromatic rings. The van der Waals surface area contributed by atoms with Crippen LogP contribution in [0.2, 0.25) is 0 Å². The van der Waals surface area contributed by atoms with E-state index in [1.807, 2.05) is 4.72 Å². The van der Waals surface area contributed by atoms with Gasteiger partial charge >= 0.3 is 0 Å². The van der Waals surface area contributed by atoms with Crippen LogP contribution in [0.15, 0.2) is 47.4 Å². The summed E-state index contributed by atoms with van der Waals surface area (Å²) in [5.41, 5.74) is 0.885. The number of methoxy groups -OCH3 is 1. The SMILES string of the molecule is COc1ccc(CC(=O)NS(=O)(=O)c2ccc3c(c2)NC(=O)CO3)cc1. The van der Waals surface area contributed by atoms with Crippen molar-refractivity contribution in [2.24, 2.45) is 0 Å². The Balaban J connectivity index is 1.72. The molecular weight excluding hydrogens is 360 g/mol. The minimum Gasteiger partial charge on any atom is -0.497 e. The number of carbonyl (C=O) groups excluding carboxylic acids is 2. The molecule has 2 amide bonds. The van der Waals surface area contributed by atoms with Crippen molar-refractivity contribution in [2.45, 2.75) is 11.3 Å². The average Bonchev–Trinajstić information content (AvgIpc) is 2.61. The number of sulfonamides is 1. The van der Waals surface area contributed by atoms with Crippen molar-refractivity contribution in [2.75, 3.05) is 19.0 Å². The maximum atomic E-state index is 12.4. The Kier molecular flexibility index (Phi) is 4.81. The first-order valence-electron chi connectivity index (χ1n) is 7.63. The number of carbonyl (C=O) groups is 2. The van der Waals surface area contributed by atoms with E-state index in [2.05, 4.69) is 5.32 Å². The highest BCUT2D eigenvalue weighted by atomic mass is 32.2. The van der Waals surface area contributed by atoms with Crippen LogP contribution in [0, 0.1) is 0 Å². The minimum atomic E-state index is -4.07. The first kappa shape index (κ1) is 17.7. The normalized spacial score (nSPS) is 13.2. The summed E-state index contributed by atoms with van der Waals surface area (Å²) in [4.78, 5) is 23.3. The third-order valence-corrected chi connectivity index (χ3v) is 5.04. The number of hydrogen-bond acceptors (Lipinski definition) is 6. The first-order chi connectivity index (χ1) is 12.4. The molecule has 0 aromatic heterocycles. The molecule has 0 atom stereocenters.